The van der Waals surface area contributed by atoms with E-state index >= 15 is 0 Å². The van der Waals surface area contributed by atoms with Gasteiger partial charge in [0.1, 0.15) is 0 Å². The molecule has 0 bridgehead atoms. The third-order valence-corrected chi connectivity index (χ3v) is 3.29. The van der Waals surface area contributed by atoms with Crippen molar-refractivity contribution in [3.63, 3.8) is 0 Å². The minimum atomic E-state index is 0.446. The highest BCUT2D eigenvalue weighted by atomic mass is 15.1. The molecular formula is C11H19N3. The fourth-order valence-corrected chi connectivity index (χ4v) is 2.49. The average Bonchev–Trinajstić information content (AvgIpc) is 2.61. The highest BCUT2D eigenvalue weighted by Gasteiger charge is 2.29. The van der Waals surface area contributed by atoms with Crippen LogP contribution < -0.4 is 5.73 Å². The molecule has 0 aromatic carbocycles. The van der Waals surface area contributed by atoms with Crippen molar-refractivity contribution in [2.24, 2.45) is 5.41 Å². The molecular weight excluding hydrogens is 174 g/mol. The number of nitrogens with zero attached hydrogens (tertiary/aromatic N) is 2. The Morgan fingerprint density at radius 1 is 1.50 bits per heavy atom. The number of rotatable bonds is 2. The van der Waals surface area contributed by atoms with Crippen LogP contribution in [-0.4, -0.2) is 9.55 Å². The summed E-state index contributed by atoms with van der Waals surface area (Å²) in [5.74, 6) is 0.663. The lowest BCUT2D eigenvalue weighted by molar-refractivity contribution is 0.283. The Bertz CT molecular complexity index is 321. The molecule has 0 amide bonds. The Kier molecular flexibility index (Phi) is 2.25. The van der Waals surface area contributed by atoms with Gasteiger partial charge in [-0.15, -0.1) is 0 Å². The molecule has 1 aliphatic rings. The maximum Gasteiger partial charge on any atom is 0.200 e. The summed E-state index contributed by atoms with van der Waals surface area (Å²) in [7, 11) is 0. The first kappa shape index (κ1) is 9.56. The zero-order valence-corrected chi connectivity index (χ0v) is 9.08. The molecule has 0 saturated heterocycles. The van der Waals surface area contributed by atoms with Crippen LogP contribution in [0.5, 0.6) is 0 Å². The molecule has 1 aromatic rings. The topological polar surface area (TPSA) is 43.8 Å². The van der Waals surface area contributed by atoms with E-state index in [1.165, 1.54) is 25.7 Å². The van der Waals surface area contributed by atoms with Crippen molar-refractivity contribution in [3.05, 3.63) is 11.9 Å². The van der Waals surface area contributed by atoms with Crippen molar-refractivity contribution in [2.45, 2.75) is 46.1 Å². The van der Waals surface area contributed by atoms with Crippen LogP contribution in [0, 0.1) is 12.3 Å². The summed E-state index contributed by atoms with van der Waals surface area (Å²) in [6, 6.07) is 0. The van der Waals surface area contributed by atoms with Crippen molar-refractivity contribution < 1.29 is 0 Å². The second-order valence-corrected chi connectivity index (χ2v) is 4.89. The molecule has 2 N–H and O–H groups in total. The highest BCUT2D eigenvalue weighted by molar-refractivity contribution is 5.21. The zero-order valence-electron chi connectivity index (χ0n) is 9.08. The first-order chi connectivity index (χ1) is 6.59. The molecule has 3 nitrogen and oxygen atoms in total. The van der Waals surface area contributed by atoms with Crippen LogP contribution >= 0.6 is 0 Å². The van der Waals surface area contributed by atoms with Gasteiger partial charge in [-0.25, -0.2) is 4.98 Å². The fourth-order valence-electron chi connectivity index (χ4n) is 2.49. The first-order valence-electron chi connectivity index (χ1n) is 5.38. The minimum absolute atomic E-state index is 0.446. The fraction of sp³-hybridized carbons (Fsp3) is 0.727. The van der Waals surface area contributed by atoms with Crippen molar-refractivity contribution in [1.82, 2.24) is 9.55 Å². The SMILES string of the molecule is Cc1cn(CC2(C)CCCC2)c(N)n1. The Morgan fingerprint density at radius 3 is 2.64 bits per heavy atom. The van der Waals surface area contributed by atoms with Crippen molar-refractivity contribution in [3.8, 4) is 0 Å². The van der Waals surface area contributed by atoms with Gasteiger partial charge in [0.05, 0.1) is 5.69 Å². The summed E-state index contributed by atoms with van der Waals surface area (Å²) in [5.41, 5.74) is 7.29. The van der Waals surface area contributed by atoms with E-state index in [9.17, 15) is 0 Å². The number of anilines is 1. The molecule has 0 atom stereocenters. The number of hydrogen-bond acceptors (Lipinski definition) is 2. The maximum atomic E-state index is 5.83. The van der Waals surface area contributed by atoms with Crippen LogP contribution in [0.2, 0.25) is 0 Å². The summed E-state index contributed by atoms with van der Waals surface area (Å²) in [6.07, 6.45) is 7.43. The Labute approximate surface area is 85.3 Å². The van der Waals surface area contributed by atoms with Crippen molar-refractivity contribution in [2.75, 3.05) is 5.73 Å². The Hall–Kier alpha value is -0.990. The van der Waals surface area contributed by atoms with Gasteiger partial charge in [0, 0.05) is 12.7 Å². The summed E-state index contributed by atoms with van der Waals surface area (Å²) < 4.78 is 2.10. The third kappa shape index (κ3) is 1.76. The standard InChI is InChI=1S/C11H19N3/c1-9-7-14(10(12)13-9)8-11(2)5-3-4-6-11/h7H,3-6,8H2,1-2H3,(H2,12,13). The van der Waals surface area contributed by atoms with E-state index in [0.717, 1.165) is 12.2 Å². The van der Waals surface area contributed by atoms with Crippen LogP contribution in [0.25, 0.3) is 0 Å². The van der Waals surface area contributed by atoms with Gasteiger partial charge in [-0.3, -0.25) is 0 Å². The van der Waals surface area contributed by atoms with Crippen molar-refractivity contribution in [1.29, 1.82) is 0 Å². The molecule has 1 aliphatic carbocycles. The molecule has 78 valence electrons. The molecule has 0 spiro atoms. The molecule has 1 fully saturated rings. The van der Waals surface area contributed by atoms with Gasteiger partial charge in [-0.1, -0.05) is 19.8 Å². The van der Waals surface area contributed by atoms with E-state index in [1.807, 2.05) is 6.92 Å². The average molecular weight is 193 g/mol. The van der Waals surface area contributed by atoms with Gasteiger partial charge >= 0.3 is 0 Å². The lowest BCUT2D eigenvalue weighted by atomic mass is 9.89. The number of imidazole rings is 1. The van der Waals surface area contributed by atoms with Gasteiger partial charge in [-0.2, -0.15) is 0 Å². The van der Waals surface area contributed by atoms with Gasteiger partial charge in [0.25, 0.3) is 0 Å². The van der Waals surface area contributed by atoms with Gasteiger partial charge in [0.15, 0.2) is 5.95 Å². The summed E-state index contributed by atoms with van der Waals surface area (Å²) in [4.78, 5) is 4.22. The molecule has 0 aliphatic heterocycles. The van der Waals surface area contributed by atoms with Crippen LogP contribution in [-0.2, 0) is 6.54 Å². The van der Waals surface area contributed by atoms with E-state index < -0.39 is 0 Å². The normalized spacial score (nSPS) is 20.1. The maximum absolute atomic E-state index is 5.83. The minimum Gasteiger partial charge on any atom is -0.369 e. The van der Waals surface area contributed by atoms with E-state index in [-0.39, 0.29) is 0 Å². The van der Waals surface area contributed by atoms with Gasteiger partial charge in [-0.05, 0) is 25.2 Å². The third-order valence-electron chi connectivity index (χ3n) is 3.29. The molecule has 2 rings (SSSR count). The molecule has 1 aromatic heterocycles. The Morgan fingerprint density at radius 2 is 2.14 bits per heavy atom. The van der Waals surface area contributed by atoms with Gasteiger partial charge < -0.3 is 10.3 Å². The predicted molar refractivity (Wildman–Crippen MR) is 58.0 cm³/mol. The molecule has 3 heteroatoms. The Balaban J connectivity index is 2.13. The number of hydrogen-bond donors (Lipinski definition) is 1. The van der Waals surface area contributed by atoms with Crippen LogP contribution in [0.4, 0.5) is 5.95 Å². The summed E-state index contributed by atoms with van der Waals surface area (Å²) >= 11 is 0. The lowest BCUT2D eigenvalue weighted by Gasteiger charge is -2.24. The van der Waals surface area contributed by atoms with E-state index in [2.05, 4.69) is 22.7 Å². The molecule has 0 unspecified atom stereocenters. The molecule has 1 heterocycles. The second-order valence-electron chi connectivity index (χ2n) is 4.89. The number of nitrogens with two attached hydrogens (primary N) is 1. The number of aryl methyl sites for hydroxylation is 1. The molecule has 14 heavy (non-hydrogen) atoms. The number of aromatic nitrogens is 2. The summed E-state index contributed by atoms with van der Waals surface area (Å²) in [5, 5.41) is 0. The molecule has 0 radical (unpaired) electrons. The van der Waals surface area contributed by atoms with E-state index in [4.69, 9.17) is 5.73 Å². The smallest absolute Gasteiger partial charge is 0.200 e. The largest absolute Gasteiger partial charge is 0.369 e. The van der Waals surface area contributed by atoms with E-state index in [1.54, 1.807) is 0 Å². The van der Waals surface area contributed by atoms with Crippen molar-refractivity contribution >= 4 is 5.95 Å². The van der Waals surface area contributed by atoms with Crippen LogP contribution in [0.3, 0.4) is 0 Å². The summed E-state index contributed by atoms with van der Waals surface area (Å²) in [6.45, 7) is 5.37. The number of nitrogen functional groups attached to an aromatic ring is 1. The highest BCUT2D eigenvalue weighted by Crippen LogP contribution is 2.39. The quantitative estimate of drug-likeness (QED) is 0.783. The lowest BCUT2D eigenvalue weighted by Crippen LogP contribution is -2.20. The molecule has 1 saturated carbocycles. The second kappa shape index (κ2) is 3.30. The predicted octanol–water partition coefficient (Wildman–Crippen LogP) is 2.35. The van der Waals surface area contributed by atoms with Crippen LogP contribution in [0.15, 0.2) is 6.20 Å². The monoisotopic (exact) mass is 193 g/mol. The van der Waals surface area contributed by atoms with Gasteiger partial charge in [0.2, 0.25) is 0 Å². The van der Waals surface area contributed by atoms with Crippen LogP contribution in [0.1, 0.15) is 38.3 Å². The first-order valence-corrected chi connectivity index (χ1v) is 5.38. The van der Waals surface area contributed by atoms with E-state index in [0.29, 0.717) is 11.4 Å². The zero-order chi connectivity index (χ0) is 10.2.